The summed E-state index contributed by atoms with van der Waals surface area (Å²) in [6.07, 6.45) is 2.14. The molecule has 0 saturated heterocycles. The van der Waals surface area contributed by atoms with Crippen molar-refractivity contribution in [3.63, 3.8) is 0 Å². The van der Waals surface area contributed by atoms with E-state index in [1.165, 1.54) is 0 Å². The zero-order valence-corrected chi connectivity index (χ0v) is 11.7. The number of ketones is 1. The highest BCUT2D eigenvalue weighted by molar-refractivity contribution is 6.09. The first-order chi connectivity index (χ1) is 10.1. The molecule has 0 aromatic heterocycles. The Hall–Kier alpha value is -2.68. The van der Waals surface area contributed by atoms with Crippen LogP contribution in [-0.4, -0.2) is 16.9 Å². The van der Waals surface area contributed by atoms with Crippen molar-refractivity contribution in [3.05, 3.63) is 82.9 Å². The average Bonchev–Trinajstić information content (AvgIpc) is 2.53. The SMILES string of the molecule is C/C(=C\Cc1cccc(C(=O)c2ccccc2)c1)C(=O)O. The highest BCUT2D eigenvalue weighted by Gasteiger charge is 2.08. The van der Waals surface area contributed by atoms with Crippen molar-refractivity contribution in [2.75, 3.05) is 0 Å². The lowest BCUT2D eigenvalue weighted by atomic mass is 10.00. The summed E-state index contributed by atoms with van der Waals surface area (Å²) in [7, 11) is 0. The molecule has 3 heteroatoms. The smallest absolute Gasteiger partial charge is 0.330 e. The topological polar surface area (TPSA) is 54.4 Å². The number of carboxylic acid groups (broad SMARTS) is 1. The molecule has 0 spiro atoms. The van der Waals surface area contributed by atoms with E-state index in [4.69, 9.17) is 5.11 Å². The summed E-state index contributed by atoms with van der Waals surface area (Å²) in [5, 5.41) is 8.83. The molecule has 0 saturated carbocycles. The Morgan fingerprint density at radius 1 is 1.00 bits per heavy atom. The van der Waals surface area contributed by atoms with Gasteiger partial charge in [-0.05, 0) is 25.0 Å². The first-order valence-electron chi connectivity index (χ1n) is 6.66. The summed E-state index contributed by atoms with van der Waals surface area (Å²) in [6, 6.07) is 16.4. The molecule has 0 aliphatic rings. The Balaban J connectivity index is 2.20. The number of hydrogen-bond acceptors (Lipinski definition) is 2. The molecule has 0 amide bonds. The van der Waals surface area contributed by atoms with Crippen LogP contribution >= 0.6 is 0 Å². The number of hydrogen-bond donors (Lipinski definition) is 1. The Bertz CT molecular complexity index is 685. The van der Waals surface area contributed by atoms with Crippen molar-refractivity contribution in [1.29, 1.82) is 0 Å². The van der Waals surface area contributed by atoms with E-state index in [0.29, 0.717) is 23.1 Å². The molecule has 106 valence electrons. The fourth-order valence-corrected chi connectivity index (χ4v) is 1.95. The first-order valence-corrected chi connectivity index (χ1v) is 6.66. The van der Waals surface area contributed by atoms with Crippen LogP contribution < -0.4 is 0 Å². The molecule has 21 heavy (non-hydrogen) atoms. The number of aliphatic carboxylic acids is 1. The molecule has 2 rings (SSSR count). The van der Waals surface area contributed by atoms with E-state index in [0.717, 1.165) is 5.56 Å². The normalized spacial score (nSPS) is 11.2. The molecule has 0 fully saturated rings. The van der Waals surface area contributed by atoms with Gasteiger partial charge in [-0.25, -0.2) is 4.79 Å². The van der Waals surface area contributed by atoms with Gasteiger partial charge in [-0.15, -0.1) is 0 Å². The third kappa shape index (κ3) is 3.89. The van der Waals surface area contributed by atoms with E-state index in [2.05, 4.69) is 0 Å². The van der Waals surface area contributed by atoms with Gasteiger partial charge in [0, 0.05) is 16.7 Å². The molecule has 0 atom stereocenters. The Kier molecular flexibility index (Phi) is 4.67. The van der Waals surface area contributed by atoms with Crippen LogP contribution in [0, 0.1) is 0 Å². The van der Waals surface area contributed by atoms with Crippen molar-refractivity contribution in [1.82, 2.24) is 0 Å². The van der Waals surface area contributed by atoms with Gasteiger partial charge in [0.15, 0.2) is 5.78 Å². The van der Waals surface area contributed by atoms with Gasteiger partial charge in [-0.3, -0.25) is 4.79 Å². The second-order valence-corrected chi connectivity index (χ2v) is 4.79. The summed E-state index contributed by atoms with van der Waals surface area (Å²) in [6.45, 7) is 1.56. The van der Waals surface area contributed by atoms with Gasteiger partial charge in [-0.2, -0.15) is 0 Å². The molecule has 0 aliphatic heterocycles. The maximum absolute atomic E-state index is 12.3. The summed E-state index contributed by atoms with van der Waals surface area (Å²) < 4.78 is 0. The number of rotatable bonds is 5. The summed E-state index contributed by atoms with van der Waals surface area (Å²) in [5.74, 6) is -0.956. The molecular weight excluding hydrogens is 264 g/mol. The van der Waals surface area contributed by atoms with E-state index in [1.54, 1.807) is 37.3 Å². The molecule has 0 aliphatic carbocycles. The monoisotopic (exact) mass is 280 g/mol. The lowest BCUT2D eigenvalue weighted by Crippen LogP contribution is -2.02. The molecule has 0 heterocycles. The van der Waals surface area contributed by atoms with Crippen molar-refractivity contribution in [2.24, 2.45) is 0 Å². The van der Waals surface area contributed by atoms with E-state index in [-0.39, 0.29) is 5.78 Å². The molecule has 0 radical (unpaired) electrons. The second-order valence-electron chi connectivity index (χ2n) is 4.79. The van der Waals surface area contributed by atoms with Crippen LogP contribution in [0.15, 0.2) is 66.2 Å². The Morgan fingerprint density at radius 3 is 2.33 bits per heavy atom. The molecule has 1 N–H and O–H groups in total. The van der Waals surface area contributed by atoms with Crippen LogP contribution in [0.2, 0.25) is 0 Å². The van der Waals surface area contributed by atoms with E-state index in [9.17, 15) is 9.59 Å². The second kappa shape index (κ2) is 6.66. The van der Waals surface area contributed by atoms with Crippen LogP contribution in [-0.2, 0) is 11.2 Å². The van der Waals surface area contributed by atoms with E-state index >= 15 is 0 Å². The zero-order valence-electron chi connectivity index (χ0n) is 11.7. The van der Waals surface area contributed by atoms with Gasteiger partial charge in [0.05, 0.1) is 0 Å². The third-order valence-corrected chi connectivity index (χ3v) is 3.21. The largest absolute Gasteiger partial charge is 0.478 e. The summed E-state index contributed by atoms with van der Waals surface area (Å²) >= 11 is 0. The van der Waals surface area contributed by atoms with Gasteiger partial charge in [0.1, 0.15) is 0 Å². The minimum absolute atomic E-state index is 0.0311. The third-order valence-electron chi connectivity index (χ3n) is 3.21. The fourth-order valence-electron chi connectivity index (χ4n) is 1.95. The molecule has 0 unspecified atom stereocenters. The number of carbonyl (C=O) groups is 2. The summed E-state index contributed by atoms with van der Waals surface area (Å²) in [4.78, 5) is 23.1. The van der Waals surface area contributed by atoms with Crippen molar-refractivity contribution >= 4 is 11.8 Å². The average molecular weight is 280 g/mol. The zero-order chi connectivity index (χ0) is 15.2. The molecule has 3 nitrogen and oxygen atoms in total. The minimum atomic E-state index is -0.925. The van der Waals surface area contributed by atoms with Gasteiger partial charge in [-0.1, -0.05) is 54.6 Å². The number of benzene rings is 2. The highest BCUT2D eigenvalue weighted by Crippen LogP contribution is 2.13. The lowest BCUT2D eigenvalue weighted by molar-refractivity contribution is -0.132. The predicted octanol–water partition coefficient (Wildman–Crippen LogP) is 3.49. The van der Waals surface area contributed by atoms with E-state index in [1.807, 2.05) is 30.3 Å². The van der Waals surface area contributed by atoms with Crippen molar-refractivity contribution in [2.45, 2.75) is 13.3 Å². The van der Waals surface area contributed by atoms with Gasteiger partial charge >= 0.3 is 5.97 Å². The van der Waals surface area contributed by atoms with Gasteiger partial charge < -0.3 is 5.11 Å². The Labute approximate surface area is 123 Å². The van der Waals surface area contributed by atoms with Crippen LogP contribution in [0.25, 0.3) is 0 Å². The quantitative estimate of drug-likeness (QED) is 0.673. The van der Waals surface area contributed by atoms with Crippen LogP contribution in [0.5, 0.6) is 0 Å². The summed E-state index contributed by atoms with van der Waals surface area (Å²) in [5.41, 5.74) is 2.47. The van der Waals surface area contributed by atoms with Gasteiger partial charge in [0.25, 0.3) is 0 Å². The van der Waals surface area contributed by atoms with Crippen molar-refractivity contribution in [3.8, 4) is 0 Å². The maximum Gasteiger partial charge on any atom is 0.330 e. The van der Waals surface area contributed by atoms with E-state index < -0.39 is 5.97 Å². The standard InChI is InChI=1S/C18H16O3/c1-13(18(20)21)10-11-14-6-5-9-16(12-14)17(19)15-7-3-2-4-8-15/h2-10,12H,11H2,1H3,(H,20,21)/b13-10+. The predicted molar refractivity (Wildman–Crippen MR) is 81.4 cm³/mol. The fraction of sp³-hybridized carbons (Fsp3) is 0.111. The first kappa shape index (κ1) is 14.7. The minimum Gasteiger partial charge on any atom is -0.478 e. The van der Waals surface area contributed by atoms with Crippen LogP contribution in [0.3, 0.4) is 0 Å². The number of carboxylic acids is 1. The van der Waals surface area contributed by atoms with Crippen molar-refractivity contribution < 1.29 is 14.7 Å². The molecule has 0 bridgehead atoms. The lowest BCUT2D eigenvalue weighted by Gasteiger charge is -2.04. The highest BCUT2D eigenvalue weighted by atomic mass is 16.4. The number of allylic oxidation sites excluding steroid dienone is 1. The Morgan fingerprint density at radius 2 is 1.67 bits per heavy atom. The molecular formula is C18H16O3. The maximum atomic E-state index is 12.3. The van der Waals surface area contributed by atoms with Gasteiger partial charge in [0.2, 0.25) is 0 Å². The number of carbonyl (C=O) groups excluding carboxylic acids is 1. The van der Waals surface area contributed by atoms with Crippen LogP contribution in [0.4, 0.5) is 0 Å². The van der Waals surface area contributed by atoms with Crippen LogP contribution in [0.1, 0.15) is 28.4 Å². The molecule has 2 aromatic rings. The molecule has 2 aromatic carbocycles.